The maximum Gasteiger partial charge on any atom is 0.234 e. The van der Waals surface area contributed by atoms with Crippen LogP contribution in [0, 0.1) is 0 Å². The third-order valence-corrected chi connectivity index (χ3v) is 6.31. The first kappa shape index (κ1) is 25.5. The lowest BCUT2D eigenvalue weighted by Crippen LogP contribution is -2.15. The Morgan fingerprint density at radius 1 is 1.09 bits per heavy atom. The quantitative estimate of drug-likeness (QED) is 0.242. The van der Waals surface area contributed by atoms with Gasteiger partial charge in [-0.05, 0) is 49.7 Å². The van der Waals surface area contributed by atoms with Crippen LogP contribution >= 0.6 is 46.6 Å². The molecule has 0 aliphatic heterocycles. The minimum Gasteiger partial charge on any atom is -0.495 e. The van der Waals surface area contributed by atoms with Crippen LogP contribution in [0.2, 0.25) is 15.1 Å². The van der Waals surface area contributed by atoms with Crippen molar-refractivity contribution >= 4 is 58.2 Å². The molecule has 0 atom stereocenters. The lowest BCUT2D eigenvalue weighted by molar-refractivity contribution is -0.113. The van der Waals surface area contributed by atoms with E-state index in [1.807, 2.05) is 11.5 Å². The van der Waals surface area contributed by atoms with Gasteiger partial charge in [-0.25, -0.2) is 0 Å². The van der Waals surface area contributed by atoms with Crippen LogP contribution < -0.4 is 14.8 Å². The normalized spacial score (nSPS) is 10.8. The summed E-state index contributed by atoms with van der Waals surface area (Å²) in [5, 5.41) is 13.6. The molecule has 0 aliphatic rings. The van der Waals surface area contributed by atoms with Crippen molar-refractivity contribution in [3.05, 3.63) is 57.3 Å². The predicted molar refractivity (Wildman–Crippen MR) is 133 cm³/mol. The number of ether oxygens (including phenoxy) is 2. The van der Waals surface area contributed by atoms with Crippen LogP contribution in [-0.2, 0) is 17.8 Å². The molecule has 2 aromatic carbocycles. The Morgan fingerprint density at radius 2 is 1.82 bits per heavy atom. The van der Waals surface area contributed by atoms with Crippen molar-refractivity contribution in [3.63, 3.8) is 0 Å². The Balaban J connectivity index is 1.51. The smallest absolute Gasteiger partial charge is 0.234 e. The molecule has 0 fully saturated rings. The van der Waals surface area contributed by atoms with Crippen molar-refractivity contribution < 1.29 is 14.3 Å². The van der Waals surface area contributed by atoms with Crippen LogP contribution in [0.4, 0.5) is 5.69 Å². The number of aromatic nitrogens is 3. The van der Waals surface area contributed by atoms with Crippen LogP contribution in [0.3, 0.4) is 0 Å². The third-order valence-electron chi connectivity index (χ3n) is 4.57. The van der Waals surface area contributed by atoms with Crippen molar-refractivity contribution in [2.24, 2.45) is 0 Å². The van der Waals surface area contributed by atoms with Gasteiger partial charge in [0.05, 0.1) is 30.2 Å². The molecule has 0 bridgehead atoms. The van der Waals surface area contributed by atoms with E-state index in [1.54, 1.807) is 36.4 Å². The van der Waals surface area contributed by atoms with Gasteiger partial charge < -0.3 is 19.4 Å². The van der Waals surface area contributed by atoms with Gasteiger partial charge in [-0.3, -0.25) is 4.79 Å². The molecule has 3 aromatic rings. The summed E-state index contributed by atoms with van der Waals surface area (Å²) in [7, 11) is 1.54. The Labute approximate surface area is 211 Å². The number of benzene rings is 2. The van der Waals surface area contributed by atoms with Crippen molar-refractivity contribution in [2.45, 2.75) is 31.5 Å². The monoisotopic (exact) mass is 528 g/mol. The summed E-state index contributed by atoms with van der Waals surface area (Å²) in [4.78, 5) is 12.4. The number of nitrogens with one attached hydrogen (secondary N) is 1. The number of methoxy groups -OCH3 is 1. The Hall–Kier alpha value is -2.13. The van der Waals surface area contributed by atoms with Gasteiger partial charge in [0, 0.05) is 23.0 Å². The van der Waals surface area contributed by atoms with Gasteiger partial charge >= 0.3 is 0 Å². The number of nitrogens with zero attached hydrogens (tertiary/aromatic N) is 3. The zero-order chi connectivity index (χ0) is 23.8. The SMILES string of the molecule is CCn1c(CCCOc2ccc(Cl)cc2Cl)nnc1SCC(=O)Nc1cc(Cl)ccc1OC. The lowest BCUT2D eigenvalue weighted by Gasteiger charge is -2.11. The van der Waals surface area contributed by atoms with E-state index in [0.717, 1.165) is 12.2 Å². The Morgan fingerprint density at radius 3 is 2.52 bits per heavy atom. The van der Waals surface area contributed by atoms with Gasteiger partial charge in [-0.15, -0.1) is 10.2 Å². The highest BCUT2D eigenvalue weighted by Crippen LogP contribution is 2.29. The van der Waals surface area contributed by atoms with E-state index in [4.69, 9.17) is 44.3 Å². The number of rotatable bonds is 11. The van der Waals surface area contributed by atoms with E-state index >= 15 is 0 Å². The summed E-state index contributed by atoms with van der Waals surface area (Å²) in [6.07, 6.45) is 1.41. The van der Waals surface area contributed by atoms with E-state index in [-0.39, 0.29) is 11.7 Å². The fourth-order valence-electron chi connectivity index (χ4n) is 3.03. The van der Waals surface area contributed by atoms with Gasteiger partial charge in [-0.2, -0.15) is 0 Å². The minimum atomic E-state index is -0.194. The third kappa shape index (κ3) is 7.17. The average molecular weight is 530 g/mol. The van der Waals surface area contributed by atoms with Crippen molar-refractivity contribution in [1.82, 2.24) is 14.8 Å². The number of hydrogen-bond donors (Lipinski definition) is 1. The molecular formula is C22H23Cl3N4O3S. The highest BCUT2D eigenvalue weighted by Gasteiger charge is 2.14. The molecule has 0 radical (unpaired) electrons. The molecule has 0 saturated heterocycles. The average Bonchev–Trinajstić information content (AvgIpc) is 3.18. The number of anilines is 1. The molecule has 33 heavy (non-hydrogen) atoms. The Kier molecular flexibility index (Phi) is 9.55. The van der Waals surface area contributed by atoms with Crippen LogP contribution in [0.25, 0.3) is 0 Å². The molecule has 0 spiro atoms. The van der Waals surface area contributed by atoms with E-state index in [9.17, 15) is 4.79 Å². The second-order valence-electron chi connectivity index (χ2n) is 6.85. The van der Waals surface area contributed by atoms with Crippen molar-refractivity contribution in [2.75, 3.05) is 24.8 Å². The first-order chi connectivity index (χ1) is 15.9. The van der Waals surface area contributed by atoms with Crippen LogP contribution in [-0.4, -0.2) is 40.1 Å². The molecule has 0 aliphatic carbocycles. The fraction of sp³-hybridized carbons (Fsp3) is 0.318. The molecule has 11 heteroatoms. The molecule has 1 aromatic heterocycles. The van der Waals surface area contributed by atoms with Gasteiger partial charge in [0.25, 0.3) is 0 Å². The van der Waals surface area contributed by atoms with Crippen LogP contribution in [0.1, 0.15) is 19.2 Å². The van der Waals surface area contributed by atoms with Gasteiger partial charge in [0.2, 0.25) is 5.91 Å². The molecule has 1 N–H and O–H groups in total. The minimum absolute atomic E-state index is 0.173. The number of thioether (sulfide) groups is 1. The van der Waals surface area contributed by atoms with Gasteiger partial charge in [-0.1, -0.05) is 46.6 Å². The largest absolute Gasteiger partial charge is 0.495 e. The van der Waals surface area contributed by atoms with Gasteiger partial charge in [0.15, 0.2) is 5.16 Å². The summed E-state index contributed by atoms with van der Waals surface area (Å²) in [5.74, 6) is 1.95. The molecule has 176 valence electrons. The molecule has 0 saturated carbocycles. The van der Waals surface area contributed by atoms with Crippen molar-refractivity contribution in [3.8, 4) is 11.5 Å². The number of carbonyl (C=O) groups excluding carboxylic acids is 1. The maximum absolute atomic E-state index is 12.4. The van der Waals surface area contributed by atoms with Crippen LogP contribution in [0.15, 0.2) is 41.6 Å². The molecule has 0 unspecified atom stereocenters. The Bertz CT molecular complexity index is 1110. The topological polar surface area (TPSA) is 78.3 Å². The molecule has 3 rings (SSSR count). The fourth-order valence-corrected chi connectivity index (χ4v) is 4.48. The first-order valence-electron chi connectivity index (χ1n) is 10.2. The summed E-state index contributed by atoms with van der Waals surface area (Å²) < 4.78 is 13.0. The molecule has 1 amide bonds. The van der Waals surface area contributed by atoms with Crippen molar-refractivity contribution in [1.29, 1.82) is 0 Å². The summed E-state index contributed by atoms with van der Waals surface area (Å²) in [6.45, 7) is 3.18. The zero-order valence-corrected chi connectivity index (χ0v) is 21.2. The summed E-state index contributed by atoms with van der Waals surface area (Å²) >= 11 is 19.4. The second kappa shape index (κ2) is 12.4. The van der Waals surface area contributed by atoms with E-state index in [2.05, 4.69) is 15.5 Å². The van der Waals surface area contributed by atoms with Crippen LogP contribution in [0.5, 0.6) is 11.5 Å². The number of amides is 1. The highest BCUT2D eigenvalue weighted by molar-refractivity contribution is 7.99. The van der Waals surface area contributed by atoms with E-state index in [1.165, 1.54) is 18.9 Å². The summed E-state index contributed by atoms with van der Waals surface area (Å²) in [6, 6.07) is 10.2. The lowest BCUT2D eigenvalue weighted by atomic mass is 10.3. The predicted octanol–water partition coefficient (Wildman–Crippen LogP) is 6.01. The maximum atomic E-state index is 12.4. The number of aryl methyl sites for hydroxylation is 1. The molecule has 7 nitrogen and oxygen atoms in total. The van der Waals surface area contributed by atoms with Gasteiger partial charge in [0.1, 0.15) is 17.3 Å². The van der Waals surface area contributed by atoms with E-state index in [0.29, 0.717) is 57.0 Å². The number of hydrogen-bond acceptors (Lipinski definition) is 6. The first-order valence-corrected chi connectivity index (χ1v) is 12.3. The van der Waals surface area contributed by atoms with E-state index < -0.39 is 0 Å². The highest BCUT2D eigenvalue weighted by atomic mass is 35.5. The molecule has 1 heterocycles. The zero-order valence-electron chi connectivity index (χ0n) is 18.1. The number of carbonyl (C=O) groups is 1. The standard InChI is InChI=1S/C22H23Cl3N4O3S/c1-3-29-20(5-4-10-32-18-8-6-14(23)11-16(18)25)27-28-22(29)33-13-21(30)26-17-12-15(24)7-9-19(17)31-2/h6-9,11-12H,3-5,10,13H2,1-2H3,(H,26,30). The summed E-state index contributed by atoms with van der Waals surface area (Å²) in [5.41, 5.74) is 0.522. The number of halogens is 3. The second-order valence-corrected chi connectivity index (χ2v) is 9.07. The molecular weight excluding hydrogens is 507 g/mol.